The number of amides is 1. The van der Waals surface area contributed by atoms with Gasteiger partial charge in [0.15, 0.2) is 6.29 Å². The van der Waals surface area contributed by atoms with Gasteiger partial charge in [-0.25, -0.2) is 13.2 Å². The number of nitrogens with zero attached hydrogens (tertiary/aromatic N) is 1. The van der Waals surface area contributed by atoms with Crippen LogP contribution in [0.5, 0.6) is 11.5 Å². The van der Waals surface area contributed by atoms with Gasteiger partial charge in [0, 0.05) is 13.1 Å². The summed E-state index contributed by atoms with van der Waals surface area (Å²) in [6, 6.07) is 11.6. The lowest BCUT2D eigenvalue weighted by Crippen LogP contribution is -2.51. The van der Waals surface area contributed by atoms with Crippen LogP contribution in [-0.2, 0) is 49.2 Å². The Morgan fingerprint density at radius 3 is 2.37 bits per heavy atom. The molecule has 18 heteroatoms. The van der Waals surface area contributed by atoms with Gasteiger partial charge in [-0.15, -0.1) is 4.52 Å². The van der Waals surface area contributed by atoms with Crippen molar-refractivity contribution in [1.82, 2.24) is 9.62 Å². The first-order valence-corrected chi connectivity index (χ1v) is 19.8. The number of alkyl carbamates (subject to hydrolysis) is 1. The second-order valence-corrected chi connectivity index (χ2v) is 16.2. The smallest absolute Gasteiger partial charge is 0.497 e. The van der Waals surface area contributed by atoms with Crippen LogP contribution in [-0.4, -0.2) is 113 Å². The first-order valence-electron chi connectivity index (χ1n) is 17.0. The van der Waals surface area contributed by atoms with Crippen LogP contribution in [0.25, 0.3) is 0 Å². The number of sulfonamides is 1. The highest BCUT2D eigenvalue weighted by Crippen LogP contribution is 2.33. The molecule has 2 aliphatic heterocycles. The van der Waals surface area contributed by atoms with Crippen LogP contribution in [0.1, 0.15) is 39.7 Å². The molecule has 2 aromatic rings. The summed E-state index contributed by atoms with van der Waals surface area (Å²) in [5.74, 6) is 0.688. The van der Waals surface area contributed by atoms with E-state index in [1.54, 1.807) is 50.2 Å². The van der Waals surface area contributed by atoms with Gasteiger partial charge in [-0.1, -0.05) is 26.0 Å². The van der Waals surface area contributed by atoms with Gasteiger partial charge in [-0.3, -0.25) is 4.74 Å². The Bertz CT molecular complexity index is 1530. The standard InChI is InChI=1S/C34H49N2O14PS/c1-22(2)17-36(52(41,42)27-12-10-25(43-5)11-13-27)18-30(37)29(35-33(38)50-31-19-45-32-28(31)14-15-44-32)16-24-6-8-26(9-7-24)47-21-51(40)48-20-46-34(39)49-23(3)4/h6-13,22-23,28-32,34,37,39H,14-21H2,1-5H3/p+1/t28-,29-,30+,31-,32+,34?/m0/s1. The number of benzene rings is 2. The van der Waals surface area contributed by atoms with Crippen LogP contribution in [0.4, 0.5) is 4.79 Å². The molecule has 2 aromatic carbocycles. The third kappa shape index (κ3) is 12.6. The predicted octanol–water partition coefficient (Wildman–Crippen LogP) is 3.57. The van der Waals surface area contributed by atoms with E-state index in [9.17, 15) is 28.0 Å². The van der Waals surface area contributed by atoms with Crippen LogP contribution in [0.2, 0.25) is 0 Å². The van der Waals surface area contributed by atoms with E-state index < -0.39 is 62.0 Å². The van der Waals surface area contributed by atoms with E-state index in [0.717, 1.165) is 0 Å². The maximum atomic E-state index is 13.8. The number of ether oxygens (including phenoxy) is 7. The van der Waals surface area contributed by atoms with Crippen molar-refractivity contribution < 1.29 is 65.7 Å². The largest absolute Gasteiger partial charge is 0.552 e. The Balaban J connectivity index is 1.43. The Labute approximate surface area is 305 Å². The highest BCUT2D eigenvalue weighted by molar-refractivity contribution is 7.89. The number of hydrogen-bond donors (Lipinski definition) is 3. The number of rotatable bonds is 21. The second kappa shape index (κ2) is 19.9. The van der Waals surface area contributed by atoms with Gasteiger partial charge in [-0.05, 0) is 79.1 Å². The van der Waals surface area contributed by atoms with Gasteiger partial charge in [0.25, 0.3) is 6.48 Å². The molecule has 2 fully saturated rings. The lowest BCUT2D eigenvalue weighted by Gasteiger charge is -2.31. The number of nitrogens with one attached hydrogen (secondary N) is 1. The molecule has 7 atom stereocenters. The summed E-state index contributed by atoms with van der Waals surface area (Å²) in [5.41, 5.74) is 0.673. The Morgan fingerprint density at radius 2 is 1.71 bits per heavy atom. The zero-order valence-corrected chi connectivity index (χ0v) is 31.7. The van der Waals surface area contributed by atoms with E-state index in [2.05, 4.69) is 5.32 Å². The molecule has 0 saturated carbocycles. The van der Waals surface area contributed by atoms with Gasteiger partial charge in [0.05, 0.1) is 49.4 Å². The maximum absolute atomic E-state index is 13.8. The molecule has 2 heterocycles. The molecule has 0 bridgehead atoms. The maximum Gasteiger partial charge on any atom is 0.552 e. The van der Waals surface area contributed by atoms with E-state index in [1.807, 2.05) is 13.8 Å². The molecule has 0 aromatic heterocycles. The molecular weight excluding hydrogens is 723 g/mol. The average molecular weight is 774 g/mol. The number of carbonyl (C=O) groups excluding carboxylic acids is 1. The normalized spacial score (nSPS) is 20.8. The minimum absolute atomic E-state index is 0.0348. The van der Waals surface area contributed by atoms with Crippen molar-refractivity contribution in [2.24, 2.45) is 11.8 Å². The molecule has 3 N–H and O–H groups in total. The lowest BCUT2D eigenvalue weighted by atomic mass is 10.0. The summed E-state index contributed by atoms with van der Waals surface area (Å²) in [4.78, 5) is 13.3. The third-order valence-electron chi connectivity index (χ3n) is 8.18. The average Bonchev–Trinajstić information content (AvgIpc) is 3.72. The van der Waals surface area contributed by atoms with Crippen LogP contribution in [0, 0.1) is 11.8 Å². The van der Waals surface area contributed by atoms with Gasteiger partial charge >= 0.3 is 20.5 Å². The summed E-state index contributed by atoms with van der Waals surface area (Å²) in [7, 11) is -4.85. The topological polar surface area (TPSA) is 198 Å². The minimum Gasteiger partial charge on any atom is -0.497 e. The SMILES string of the molecule is COc1ccc(S(=O)(=O)N(CC(C)C)C[C@@H](O)[C@H](Cc2ccc(OC[P+](=O)OCOC(O)OC(C)C)cc2)NC(=O)O[C@H]2CO[C@H]3OCC[C@H]32)cc1. The van der Waals surface area contributed by atoms with Crippen LogP contribution >= 0.6 is 8.03 Å². The monoisotopic (exact) mass is 773 g/mol. The molecule has 52 heavy (non-hydrogen) atoms. The molecule has 2 saturated heterocycles. The summed E-state index contributed by atoms with van der Waals surface area (Å²) < 4.78 is 83.4. The number of carbonyl (C=O) groups is 1. The summed E-state index contributed by atoms with van der Waals surface area (Å²) in [6.07, 6.45) is -2.89. The molecule has 0 radical (unpaired) electrons. The molecule has 2 aliphatic rings. The fourth-order valence-electron chi connectivity index (χ4n) is 5.62. The van der Waals surface area contributed by atoms with Crippen molar-refractivity contribution in [2.75, 3.05) is 46.6 Å². The van der Waals surface area contributed by atoms with Crippen molar-refractivity contribution in [2.45, 2.75) is 82.6 Å². The van der Waals surface area contributed by atoms with Crippen molar-refractivity contribution in [3.05, 3.63) is 54.1 Å². The zero-order valence-electron chi connectivity index (χ0n) is 30.0. The lowest BCUT2D eigenvalue weighted by molar-refractivity contribution is -0.293. The molecular formula is C34H50N2O14PS+. The first-order chi connectivity index (χ1) is 24.7. The van der Waals surface area contributed by atoms with Gasteiger partial charge < -0.3 is 44.0 Å². The number of methoxy groups -OCH3 is 1. The Kier molecular flexibility index (Phi) is 16.0. The minimum atomic E-state index is -4.05. The number of aliphatic hydroxyl groups is 2. The van der Waals surface area contributed by atoms with E-state index in [0.29, 0.717) is 30.1 Å². The fraction of sp³-hybridized carbons (Fsp3) is 0.618. The molecule has 290 valence electrons. The molecule has 4 rings (SSSR count). The zero-order chi connectivity index (χ0) is 37.8. The van der Waals surface area contributed by atoms with Gasteiger partial charge in [0.1, 0.15) is 17.6 Å². The van der Waals surface area contributed by atoms with Gasteiger partial charge in [0.2, 0.25) is 16.8 Å². The summed E-state index contributed by atoms with van der Waals surface area (Å²) >= 11 is 0. The summed E-state index contributed by atoms with van der Waals surface area (Å²) in [6.45, 7) is 5.65. The van der Waals surface area contributed by atoms with E-state index in [4.69, 9.17) is 37.7 Å². The van der Waals surface area contributed by atoms with E-state index >= 15 is 0 Å². The predicted molar refractivity (Wildman–Crippen MR) is 186 cm³/mol. The molecule has 2 unspecified atom stereocenters. The molecule has 0 aliphatic carbocycles. The summed E-state index contributed by atoms with van der Waals surface area (Å²) in [5, 5.41) is 23.9. The van der Waals surface area contributed by atoms with E-state index in [1.165, 1.54) is 23.5 Å². The van der Waals surface area contributed by atoms with Crippen molar-refractivity contribution in [1.29, 1.82) is 0 Å². The molecule has 16 nitrogen and oxygen atoms in total. The van der Waals surface area contributed by atoms with Crippen LogP contribution in [0.3, 0.4) is 0 Å². The van der Waals surface area contributed by atoms with Crippen molar-refractivity contribution in [3.63, 3.8) is 0 Å². The number of aliphatic hydroxyl groups excluding tert-OH is 2. The first kappa shape index (κ1) is 41.8. The highest BCUT2D eigenvalue weighted by Gasteiger charge is 2.44. The quantitative estimate of drug-likeness (QED) is 0.123. The van der Waals surface area contributed by atoms with Crippen molar-refractivity contribution in [3.8, 4) is 11.5 Å². The molecule has 0 spiro atoms. The Hall–Kier alpha value is -2.96. The number of hydrogen-bond acceptors (Lipinski definition) is 14. The third-order valence-corrected chi connectivity index (χ3v) is 10.8. The fourth-order valence-corrected chi connectivity index (χ4v) is 7.75. The van der Waals surface area contributed by atoms with E-state index in [-0.39, 0.29) is 55.3 Å². The molecule has 1 amide bonds. The van der Waals surface area contributed by atoms with Crippen LogP contribution in [0.15, 0.2) is 53.4 Å². The number of fused-ring (bicyclic) bond motifs is 1. The van der Waals surface area contributed by atoms with Gasteiger partial charge in [-0.2, -0.15) is 4.31 Å². The highest BCUT2D eigenvalue weighted by atomic mass is 32.2. The van der Waals surface area contributed by atoms with Crippen LogP contribution < -0.4 is 14.8 Å². The van der Waals surface area contributed by atoms with Crippen molar-refractivity contribution >= 4 is 24.1 Å². The Morgan fingerprint density at radius 1 is 1.02 bits per heavy atom. The second-order valence-electron chi connectivity index (χ2n) is 13.0.